The van der Waals surface area contributed by atoms with Gasteiger partial charge in [-0.1, -0.05) is 49.7 Å². The Morgan fingerprint density at radius 2 is 1.40 bits per heavy atom. The van der Waals surface area contributed by atoms with E-state index in [9.17, 15) is 9.18 Å². The fraction of sp³-hybridized carbons (Fsp3) is 0.136. The first-order valence-corrected chi connectivity index (χ1v) is 8.33. The quantitative estimate of drug-likeness (QED) is 0.444. The maximum atomic E-state index is 13.0. The Labute approximate surface area is 146 Å². The number of hydrogen-bond acceptors (Lipinski definition) is 2. The molecule has 0 saturated heterocycles. The molecule has 0 atom stereocenters. The summed E-state index contributed by atoms with van der Waals surface area (Å²) in [5.74, 6) is -0.129. The second kappa shape index (κ2) is 7.75. The number of benzene rings is 3. The van der Waals surface area contributed by atoms with Crippen LogP contribution in [0.2, 0.25) is 0 Å². The second-order valence-electron chi connectivity index (χ2n) is 5.87. The van der Waals surface area contributed by atoms with E-state index in [4.69, 9.17) is 4.74 Å². The molecule has 3 heteroatoms. The normalized spacial score (nSPS) is 10.5. The summed E-state index contributed by atoms with van der Waals surface area (Å²) < 4.78 is 18.4. The molecule has 0 spiro atoms. The minimum absolute atomic E-state index is 0.270. The highest BCUT2D eigenvalue weighted by Gasteiger charge is 2.09. The highest BCUT2D eigenvalue weighted by molar-refractivity contribution is 5.91. The molecule has 0 aromatic heterocycles. The molecular weight excluding hydrogens is 315 g/mol. The smallest absolute Gasteiger partial charge is 0.343 e. The zero-order valence-corrected chi connectivity index (χ0v) is 14.0. The van der Waals surface area contributed by atoms with E-state index in [2.05, 4.69) is 6.92 Å². The molecule has 25 heavy (non-hydrogen) atoms. The van der Waals surface area contributed by atoms with E-state index in [0.29, 0.717) is 11.3 Å². The fourth-order valence-corrected chi connectivity index (χ4v) is 2.62. The number of carbonyl (C=O) groups is 1. The van der Waals surface area contributed by atoms with Crippen LogP contribution in [0.3, 0.4) is 0 Å². The van der Waals surface area contributed by atoms with Crippen molar-refractivity contribution in [2.45, 2.75) is 19.8 Å². The third-order valence-corrected chi connectivity index (χ3v) is 3.97. The van der Waals surface area contributed by atoms with Crippen LogP contribution in [0.25, 0.3) is 11.1 Å². The zero-order valence-electron chi connectivity index (χ0n) is 14.0. The summed E-state index contributed by atoms with van der Waals surface area (Å²) in [5.41, 5.74) is 3.52. The number of rotatable bonds is 5. The topological polar surface area (TPSA) is 26.3 Å². The lowest BCUT2D eigenvalue weighted by Gasteiger charge is -2.07. The van der Waals surface area contributed by atoms with Crippen molar-refractivity contribution < 1.29 is 13.9 Å². The van der Waals surface area contributed by atoms with Crippen molar-refractivity contribution in [3.05, 3.63) is 89.7 Å². The van der Waals surface area contributed by atoms with Crippen molar-refractivity contribution in [1.82, 2.24) is 0 Å². The summed E-state index contributed by atoms with van der Waals surface area (Å²) in [6, 6.07) is 20.9. The van der Waals surface area contributed by atoms with Crippen molar-refractivity contribution in [3.8, 4) is 16.9 Å². The molecule has 3 rings (SSSR count). The first-order valence-electron chi connectivity index (χ1n) is 8.33. The standard InChI is InChI=1S/C22H19FO2/c1-2-3-16-4-14-21(15-5-16)25-22(24)19-8-6-17(7-9-19)18-10-12-20(23)13-11-18/h4-15H,2-3H2,1H3. The number of aryl methyl sites for hydroxylation is 1. The Bertz CT molecular complexity index is 835. The molecular formula is C22H19FO2. The molecule has 0 saturated carbocycles. The maximum Gasteiger partial charge on any atom is 0.343 e. The first-order chi connectivity index (χ1) is 12.2. The minimum Gasteiger partial charge on any atom is -0.423 e. The van der Waals surface area contributed by atoms with Gasteiger partial charge in [-0.2, -0.15) is 0 Å². The van der Waals surface area contributed by atoms with Crippen molar-refractivity contribution >= 4 is 5.97 Å². The van der Waals surface area contributed by atoms with Crippen LogP contribution < -0.4 is 4.74 Å². The van der Waals surface area contributed by atoms with Crippen LogP contribution in [0.15, 0.2) is 72.8 Å². The van der Waals surface area contributed by atoms with Crippen LogP contribution in [0.1, 0.15) is 29.3 Å². The van der Waals surface area contributed by atoms with Crippen LogP contribution in [-0.4, -0.2) is 5.97 Å². The molecule has 3 aromatic carbocycles. The van der Waals surface area contributed by atoms with E-state index < -0.39 is 5.97 Å². The highest BCUT2D eigenvalue weighted by atomic mass is 19.1. The Balaban J connectivity index is 1.69. The van der Waals surface area contributed by atoms with E-state index in [1.54, 1.807) is 24.3 Å². The molecule has 0 heterocycles. The van der Waals surface area contributed by atoms with Crippen LogP contribution in [0.5, 0.6) is 5.75 Å². The SMILES string of the molecule is CCCc1ccc(OC(=O)c2ccc(-c3ccc(F)cc3)cc2)cc1. The van der Waals surface area contributed by atoms with Gasteiger partial charge in [0.25, 0.3) is 0 Å². The van der Waals surface area contributed by atoms with Crippen molar-refractivity contribution in [2.75, 3.05) is 0 Å². The summed E-state index contributed by atoms with van der Waals surface area (Å²) in [6.45, 7) is 2.13. The van der Waals surface area contributed by atoms with Gasteiger partial charge in [0, 0.05) is 0 Å². The molecule has 0 aliphatic heterocycles. The first kappa shape index (κ1) is 16.9. The van der Waals surface area contributed by atoms with Gasteiger partial charge in [-0.05, 0) is 59.5 Å². The number of esters is 1. The zero-order chi connectivity index (χ0) is 17.6. The lowest BCUT2D eigenvalue weighted by atomic mass is 10.0. The number of halogens is 1. The van der Waals surface area contributed by atoms with E-state index in [-0.39, 0.29) is 5.82 Å². The van der Waals surface area contributed by atoms with E-state index in [1.165, 1.54) is 17.7 Å². The van der Waals surface area contributed by atoms with Gasteiger partial charge in [0.15, 0.2) is 0 Å². The Kier molecular flexibility index (Phi) is 5.24. The maximum absolute atomic E-state index is 13.0. The van der Waals surface area contributed by atoms with Crippen molar-refractivity contribution in [3.63, 3.8) is 0 Å². The molecule has 0 aliphatic carbocycles. The number of carbonyl (C=O) groups excluding carboxylic acids is 1. The highest BCUT2D eigenvalue weighted by Crippen LogP contribution is 2.21. The molecule has 0 aliphatic rings. The summed E-state index contributed by atoms with van der Waals surface area (Å²) in [5, 5.41) is 0. The van der Waals surface area contributed by atoms with E-state index in [1.807, 2.05) is 36.4 Å². The molecule has 0 amide bonds. The third-order valence-electron chi connectivity index (χ3n) is 3.97. The van der Waals surface area contributed by atoms with E-state index >= 15 is 0 Å². The average molecular weight is 334 g/mol. The van der Waals surface area contributed by atoms with Crippen LogP contribution in [-0.2, 0) is 6.42 Å². The lowest BCUT2D eigenvalue weighted by molar-refractivity contribution is 0.0735. The molecule has 0 unspecified atom stereocenters. The van der Waals surface area contributed by atoms with Crippen LogP contribution in [0.4, 0.5) is 4.39 Å². The van der Waals surface area contributed by atoms with Gasteiger partial charge in [0.05, 0.1) is 5.56 Å². The average Bonchev–Trinajstić information content (AvgIpc) is 2.64. The fourth-order valence-electron chi connectivity index (χ4n) is 2.62. The molecule has 3 aromatic rings. The minimum atomic E-state index is -0.395. The molecule has 0 N–H and O–H groups in total. The largest absolute Gasteiger partial charge is 0.423 e. The molecule has 0 radical (unpaired) electrons. The predicted octanol–water partition coefficient (Wildman–Crippen LogP) is 5.66. The van der Waals surface area contributed by atoms with Gasteiger partial charge < -0.3 is 4.74 Å². The van der Waals surface area contributed by atoms with Gasteiger partial charge in [0.1, 0.15) is 11.6 Å². The van der Waals surface area contributed by atoms with Gasteiger partial charge >= 0.3 is 5.97 Å². The number of hydrogen-bond donors (Lipinski definition) is 0. The summed E-state index contributed by atoms with van der Waals surface area (Å²) in [6.07, 6.45) is 2.10. The van der Waals surface area contributed by atoms with Crippen LogP contribution in [0, 0.1) is 5.82 Å². The molecule has 2 nitrogen and oxygen atoms in total. The Morgan fingerprint density at radius 3 is 1.96 bits per heavy atom. The summed E-state index contributed by atoms with van der Waals surface area (Å²) >= 11 is 0. The Morgan fingerprint density at radius 1 is 0.840 bits per heavy atom. The van der Waals surface area contributed by atoms with Gasteiger partial charge in [-0.25, -0.2) is 9.18 Å². The predicted molar refractivity (Wildman–Crippen MR) is 97.2 cm³/mol. The number of ether oxygens (including phenoxy) is 1. The molecule has 0 fully saturated rings. The van der Waals surface area contributed by atoms with Gasteiger partial charge in [0.2, 0.25) is 0 Å². The third kappa shape index (κ3) is 4.32. The molecule has 126 valence electrons. The summed E-state index contributed by atoms with van der Waals surface area (Å²) in [7, 11) is 0. The monoisotopic (exact) mass is 334 g/mol. The molecule has 0 bridgehead atoms. The van der Waals surface area contributed by atoms with Gasteiger partial charge in [-0.15, -0.1) is 0 Å². The lowest BCUT2D eigenvalue weighted by Crippen LogP contribution is -2.08. The van der Waals surface area contributed by atoms with E-state index in [0.717, 1.165) is 24.0 Å². The van der Waals surface area contributed by atoms with Crippen molar-refractivity contribution in [1.29, 1.82) is 0 Å². The van der Waals surface area contributed by atoms with Crippen LogP contribution >= 0.6 is 0 Å². The summed E-state index contributed by atoms with van der Waals surface area (Å²) in [4.78, 5) is 12.2. The van der Waals surface area contributed by atoms with Crippen molar-refractivity contribution in [2.24, 2.45) is 0 Å². The second-order valence-corrected chi connectivity index (χ2v) is 5.87. The Hall–Kier alpha value is -2.94. The van der Waals surface area contributed by atoms with Gasteiger partial charge in [-0.3, -0.25) is 0 Å².